The maximum absolute atomic E-state index is 14.2. The summed E-state index contributed by atoms with van der Waals surface area (Å²) in [6.07, 6.45) is 0.693. The molecule has 1 saturated heterocycles. The monoisotopic (exact) mass is 480 g/mol. The van der Waals surface area contributed by atoms with Crippen LogP contribution in [0.25, 0.3) is 0 Å². The van der Waals surface area contributed by atoms with Crippen LogP contribution in [0.4, 0.5) is 14.5 Å². The Kier molecular flexibility index (Phi) is 7.32. The Morgan fingerprint density at radius 1 is 1.12 bits per heavy atom. The topological polar surface area (TPSA) is 49.4 Å². The highest BCUT2D eigenvalue weighted by Crippen LogP contribution is 2.42. The fourth-order valence-corrected chi connectivity index (χ4v) is 5.39. The number of anilines is 1. The van der Waals surface area contributed by atoms with Gasteiger partial charge in [-0.15, -0.1) is 11.8 Å². The predicted octanol–water partition coefficient (Wildman–Crippen LogP) is 5.98. The number of benzene rings is 3. The number of hydrogen-bond donors (Lipinski definition) is 1. The molecule has 2 atom stereocenters. The summed E-state index contributed by atoms with van der Waals surface area (Å²) in [6, 6.07) is 18.0. The molecular formula is C27H26F2N2O2S. The van der Waals surface area contributed by atoms with Gasteiger partial charge in [0.05, 0.1) is 5.75 Å². The normalized spacial score (nSPS) is 16.5. The van der Waals surface area contributed by atoms with Gasteiger partial charge in [-0.2, -0.15) is 0 Å². The minimum absolute atomic E-state index is 0.0321. The SMILES string of the molecule is CCC(CNC(=O)c1ccc(N2C(=O)CSC2c2ccc(F)cc2)c(C)c1)c1ccccc1F. The van der Waals surface area contributed by atoms with Crippen LogP contribution >= 0.6 is 11.8 Å². The van der Waals surface area contributed by atoms with Gasteiger partial charge >= 0.3 is 0 Å². The second-order valence-corrected chi connectivity index (χ2v) is 9.39. The molecule has 2 amide bonds. The predicted molar refractivity (Wildman–Crippen MR) is 132 cm³/mol. The highest BCUT2D eigenvalue weighted by Gasteiger charge is 2.35. The average molecular weight is 481 g/mol. The molecule has 3 aromatic carbocycles. The maximum Gasteiger partial charge on any atom is 0.251 e. The van der Waals surface area contributed by atoms with Crippen LogP contribution in [-0.4, -0.2) is 24.1 Å². The van der Waals surface area contributed by atoms with Crippen molar-refractivity contribution in [3.05, 3.63) is 101 Å². The Labute approximate surface area is 202 Å². The summed E-state index contributed by atoms with van der Waals surface area (Å²) in [7, 11) is 0. The zero-order chi connectivity index (χ0) is 24.2. The third-order valence-electron chi connectivity index (χ3n) is 6.09. The molecule has 0 saturated carbocycles. The number of carbonyl (C=O) groups is 2. The summed E-state index contributed by atoms with van der Waals surface area (Å²) in [5, 5.41) is 2.66. The van der Waals surface area contributed by atoms with E-state index in [-0.39, 0.29) is 34.7 Å². The minimum atomic E-state index is -0.323. The average Bonchev–Trinajstić information content (AvgIpc) is 3.21. The van der Waals surface area contributed by atoms with Gasteiger partial charge in [0.25, 0.3) is 5.91 Å². The van der Waals surface area contributed by atoms with E-state index in [0.29, 0.717) is 29.8 Å². The highest BCUT2D eigenvalue weighted by atomic mass is 32.2. The molecule has 34 heavy (non-hydrogen) atoms. The molecule has 1 N–H and O–H groups in total. The molecule has 1 fully saturated rings. The first kappa shape index (κ1) is 24.0. The summed E-state index contributed by atoms with van der Waals surface area (Å²) in [5.74, 6) is -0.666. The van der Waals surface area contributed by atoms with Crippen molar-refractivity contribution in [1.82, 2.24) is 5.32 Å². The molecule has 3 aromatic rings. The molecule has 1 heterocycles. The number of halogens is 2. The Hall–Kier alpha value is -3.19. The van der Waals surface area contributed by atoms with Crippen LogP contribution < -0.4 is 10.2 Å². The van der Waals surface area contributed by atoms with Gasteiger partial charge in [0, 0.05) is 23.7 Å². The molecule has 0 aromatic heterocycles. The molecule has 0 radical (unpaired) electrons. The molecule has 7 heteroatoms. The molecule has 4 nitrogen and oxygen atoms in total. The van der Waals surface area contributed by atoms with Crippen LogP contribution in [0, 0.1) is 18.6 Å². The van der Waals surface area contributed by atoms with Crippen LogP contribution in [0.15, 0.2) is 66.7 Å². The van der Waals surface area contributed by atoms with E-state index < -0.39 is 0 Å². The number of nitrogens with one attached hydrogen (secondary N) is 1. The molecule has 0 spiro atoms. The highest BCUT2D eigenvalue weighted by molar-refractivity contribution is 8.00. The zero-order valence-electron chi connectivity index (χ0n) is 19.1. The van der Waals surface area contributed by atoms with Crippen molar-refractivity contribution < 1.29 is 18.4 Å². The minimum Gasteiger partial charge on any atom is -0.351 e. The number of thioether (sulfide) groups is 1. The number of amides is 2. The van der Waals surface area contributed by atoms with Gasteiger partial charge in [0.15, 0.2) is 0 Å². The first-order valence-electron chi connectivity index (χ1n) is 11.2. The number of aryl methyl sites for hydroxylation is 1. The third kappa shape index (κ3) is 4.99. The van der Waals surface area contributed by atoms with Crippen molar-refractivity contribution in [2.24, 2.45) is 0 Å². The van der Waals surface area contributed by atoms with E-state index in [1.807, 2.05) is 13.8 Å². The fraction of sp³-hybridized carbons (Fsp3) is 0.259. The van der Waals surface area contributed by atoms with Crippen molar-refractivity contribution >= 4 is 29.3 Å². The summed E-state index contributed by atoms with van der Waals surface area (Å²) in [6.45, 7) is 4.15. The van der Waals surface area contributed by atoms with Gasteiger partial charge in [-0.25, -0.2) is 8.78 Å². The maximum atomic E-state index is 14.2. The standard InChI is InChI=1S/C27H26F2N2O2S/c1-3-18(22-6-4-5-7-23(22)29)15-30-26(33)20-10-13-24(17(2)14-20)31-25(32)16-34-27(31)19-8-11-21(28)12-9-19/h4-14,18,27H,3,15-16H2,1-2H3,(H,30,33). The van der Waals surface area contributed by atoms with Crippen molar-refractivity contribution in [2.45, 2.75) is 31.6 Å². The molecule has 1 aliphatic rings. The van der Waals surface area contributed by atoms with Crippen molar-refractivity contribution in [1.29, 1.82) is 0 Å². The molecule has 176 valence electrons. The molecular weight excluding hydrogens is 454 g/mol. The zero-order valence-corrected chi connectivity index (χ0v) is 19.9. The smallest absolute Gasteiger partial charge is 0.251 e. The van der Waals surface area contributed by atoms with E-state index in [0.717, 1.165) is 16.8 Å². The van der Waals surface area contributed by atoms with Crippen LogP contribution in [0.3, 0.4) is 0 Å². The van der Waals surface area contributed by atoms with Gasteiger partial charge in [0.1, 0.15) is 17.0 Å². The lowest BCUT2D eigenvalue weighted by molar-refractivity contribution is -0.115. The van der Waals surface area contributed by atoms with Crippen molar-refractivity contribution in [2.75, 3.05) is 17.2 Å². The van der Waals surface area contributed by atoms with E-state index in [2.05, 4.69) is 5.32 Å². The molecule has 2 unspecified atom stereocenters. The lowest BCUT2D eigenvalue weighted by atomic mass is 9.95. The second-order valence-electron chi connectivity index (χ2n) is 8.32. The Balaban J connectivity index is 1.50. The molecule has 0 aliphatic carbocycles. The van der Waals surface area contributed by atoms with Gasteiger partial charge in [-0.1, -0.05) is 37.3 Å². The number of nitrogens with zero attached hydrogens (tertiary/aromatic N) is 1. The lowest BCUT2D eigenvalue weighted by Crippen LogP contribution is -2.30. The summed E-state index contributed by atoms with van der Waals surface area (Å²) < 4.78 is 27.5. The van der Waals surface area contributed by atoms with Gasteiger partial charge in [0.2, 0.25) is 5.91 Å². The van der Waals surface area contributed by atoms with Crippen molar-refractivity contribution in [3.8, 4) is 0 Å². The Morgan fingerprint density at radius 2 is 1.85 bits per heavy atom. The van der Waals surface area contributed by atoms with Crippen molar-refractivity contribution in [3.63, 3.8) is 0 Å². The first-order valence-corrected chi connectivity index (χ1v) is 12.3. The summed E-state index contributed by atoms with van der Waals surface area (Å²) in [4.78, 5) is 27.2. The van der Waals surface area contributed by atoms with Crippen LogP contribution in [0.5, 0.6) is 0 Å². The van der Waals surface area contributed by atoms with E-state index in [4.69, 9.17) is 0 Å². The Bertz CT molecular complexity index is 1200. The third-order valence-corrected chi connectivity index (χ3v) is 7.30. The quantitative estimate of drug-likeness (QED) is 0.453. The number of hydrogen-bond acceptors (Lipinski definition) is 3. The molecule has 1 aliphatic heterocycles. The first-order chi connectivity index (χ1) is 16.4. The van der Waals surface area contributed by atoms with E-state index >= 15 is 0 Å². The largest absolute Gasteiger partial charge is 0.351 e. The molecule has 4 rings (SSSR count). The second kappa shape index (κ2) is 10.4. The molecule has 0 bridgehead atoms. The summed E-state index contributed by atoms with van der Waals surface area (Å²) in [5.41, 5.74) is 3.42. The Morgan fingerprint density at radius 3 is 2.53 bits per heavy atom. The summed E-state index contributed by atoms with van der Waals surface area (Å²) >= 11 is 1.49. The lowest BCUT2D eigenvalue weighted by Gasteiger charge is -2.26. The van der Waals surface area contributed by atoms with E-state index in [9.17, 15) is 18.4 Å². The van der Waals surface area contributed by atoms with E-state index in [1.165, 1.54) is 30.0 Å². The van der Waals surface area contributed by atoms with Crippen LogP contribution in [-0.2, 0) is 4.79 Å². The van der Waals surface area contributed by atoms with Crippen LogP contribution in [0.2, 0.25) is 0 Å². The number of carbonyl (C=O) groups excluding carboxylic acids is 2. The van der Waals surface area contributed by atoms with Gasteiger partial charge < -0.3 is 5.32 Å². The fourth-order valence-electron chi connectivity index (χ4n) is 4.22. The number of rotatable bonds is 7. The van der Waals surface area contributed by atoms with Crippen LogP contribution in [0.1, 0.15) is 51.7 Å². The van der Waals surface area contributed by atoms with Gasteiger partial charge in [-0.3, -0.25) is 14.5 Å². The van der Waals surface area contributed by atoms with E-state index in [1.54, 1.807) is 53.4 Å². The van der Waals surface area contributed by atoms with Gasteiger partial charge in [-0.05, 0) is 66.4 Å².